The van der Waals surface area contributed by atoms with Crippen molar-refractivity contribution in [1.29, 1.82) is 5.26 Å². The lowest BCUT2D eigenvalue weighted by Crippen LogP contribution is -2.30. The van der Waals surface area contributed by atoms with Crippen molar-refractivity contribution in [2.45, 2.75) is 44.6 Å². The fraction of sp³-hybridized carbons (Fsp3) is 0.909. The minimum atomic E-state index is -0.0935. The van der Waals surface area contributed by atoms with Crippen LogP contribution in [0.4, 0.5) is 0 Å². The lowest BCUT2D eigenvalue weighted by molar-refractivity contribution is 0.0156. The van der Waals surface area contributed by atoms with E-state index >= 15 is 0 Å². The van der Waals surface area contributed by atoms with Gasteiger partial charge < -0.3 is 4.74 Å². The van der Waals surface area contributed by atoms with Crippen LogP contribution >= 0.6 is 0 Å². The van der Waals surface area contributed by atoms with Crippen molar-refractivity contribution in [3.63, 3.8) is 0 Å². The molecule has 0 heterocycles. The summed E-state index contributed by atoms with van der Waals surface area (Å²) in [7, 11) is 1.76. The molecule has 0 N–H and O–H groups in total. The number of hydrogen-bond acceptors (Lipinski definition) is 2. The monoisotopic (exact) mass is 179 g/mol. The summed E-state index contributed by atoms with van der Waals surface area (Å²) in [5.41, 5.74) is -0.0935. The largest absolute Gasteiger partial charge is 0.380 e. The highest BCUT2D eigenvalue weighted by Crippen LogP contribution is 2.53. The molecular formula is C11H17NO. The molecule has 2 aliphatic carbocycles. The summed E-state index contributed by atoms with van der Waals surface area (Å²) in [5.74, 6) is 0.659. The number of ether oxygens (including phenoxy) is 1. The van der Waals surface area contributed by atoms with Crippen LogP contribution in [0.5, 0.6) is 0 Å². The third-order valence-corrected chi connectivity index (χ3v) is 3.64. The predicted molar refractivity (Wildman–Crippen MR) is 50.0 cm³/mol. The van der Waals surface area contributed by atoms with Gasteiger partial charge in [0.15, 0.2) is 0 Å². The van der Waals surface area contributed by atoms with Crippen LogP contribution in [0, 0.1) is 22.7 Å². The van der Waals surface area contributed by atoms with Crippen molar-refractivity contribution in [2.75, 3.05) is 7.11 Å². The maximum atomic E-state index is 9.09. The van der Waals surface area contributed by atoms with Crippen LogP contribution in [0.2, 0.25) is 0 Å². The van der Waals surface area contributed by atoms with Crippen LogP contribution < -0.4 is 0 Å². The zero-order chi connectivity index (χ0) is 9.31. The molecule has 0 radical (unpaired) electrons. The highest BCUT2D eigenvalue weighted by Gasteiger charge is 2.53. The topological polar surface area (TPSA) is 33.0 Å². The Morgan fingerprint density at radius 2 is 2.00 bits per heavy atom. The summed E-state index contributed by atoms with van der Waals surface area (Å²) in [6.07, 6.45) is 7.51. The SMILES string of the molecule is COC(C1CCCC1)C1(C#N)CC1. The first-order chi connectivity index (χ1) is 6.32. The number of hydrogen-bond donors (Lipinski definition) is 0. The molecule has 2 rings (SSSR count). The van der Waals surface area contributed by atoms with E-state index in [1.807, 2.05) is 0 Å². The second kappa shape index (κ2) is 3.31. The molecule has 0 amide bonds. The summed E-state index contributed by atoms with van der Waals surface area (Å²) in [6, 6.07) is 2.46. The van der Waals surface area contributed by atoms with Crippen molar-refractivity contribution in [3.8, 4) is 6.07 Å². The van der Waals surface area contributed by atoms with Gasteiger partial charge in [0, 0.05) is 7.11 Å². The number of nitrogens with zero attached hydrogens (tertiary/aromatic N) is 1. The second-order valence-electron chi connectivity index (χ2n) is 4.47. The van der Waals surface area contributed by atoms with Gasteiger partial charge in [-0.05, 0) is 31.6 Å². The van der Waals surface area contributed by atoms with Crippen molar-refractivity contribution < 1.29 is 4.74 Å². The van der Waals surface area contributed by atoms with Crippen LogP contribution in [0.3, 0.4) is 0 Å². The van der Waals surface area contributed by atoms with Gasteiger partial charge in [0.1, 0.15) is 0 Å². The number of methoxy groups -OCH3 is 1. The van der Waals surface area contributed by atoms with E-state index in [1.165, 1.54) is 25.7 Å². The van der Waals surface area contributed by atoms with Crippen LogP contribution in [-0.4, -0.2) is 13.2 Å². The first-order valence-corrected chi connectivity index (χ1v) is 5.26. The third kappa shape index (κ3) is 1.46. The molecule has 0 spiro atoms. The van der Waals surface area contributed by atoms with E-state index in [0.29, 0.717) is 5.92 Å². The van der Waals surface area contributed by atoms with E-state index in [-0.39, 0.29) is 11.5 Å². The lowest BCUT2D eigenvalue weighted by atomic mass is 9.88. The van der Waals surface area contributed by atoms with Crippen LogP contribution in [0.1, 0.15) is 38.5 Å². The Morgan fingerprint density at radius 3 is 2.38 bits per heavy atom. The van der Waals surface area contributed by atoms with Gasteiger partial charge in [0.25, 0.3) is 0 Å². The molecule has 1 unspecified atom stereocenters. The fourth-order valence-corrected chi connectivity index (χ4v) is 2.72. The molecule has 0 aromatic heterocycles. The Hall–Kier alpha value is -0.550. The molecule has 2 heteroatoms. The first-order valence-electron chi connectivity index (χ1n) is 5.26. The number of nitriles is 1. The summed E-state index contributed by atoms with van der Waals surface area (Å²) < 4.78 is 5.53. The molecule has 2 aliphatic rings. The van der Waals surface area contributed by atoms with E-state index in [1.54, 1.807) is 7.11 Å². The summed E-state index contributed by atoms with van der Waals surface area (Å²) in [5, 5.41) is 9.09. The van der Waals surface area contributed by atoms with Gasteiger partial charge in [-0.25, -0.2) is 0 Å². The average molecular weight is 179 g/mol. The Morgan fingerprint density at radius 1 is 1.38 bits per heavy atom. The van der Waals surface area contributed by atoms with E-state index in [2.05, 4.69) is 6.07 Å². The molecule has 0 aliphatic heterocycles. The molecule has 0 aromatic rings. The van der Waals surface area contributed by atoms with Crippen molar-refractivity contribution >= 4 is 0 Å². The van der Waals surface area contributed by atoms with Crippen molar-refractivity contribution in [1.82, 2.24) is 0 Å². The molecule has 13 heavy (non-hydrogen) atoms. The standard InChI is InChI=1S/C11H17NO/c1-13-10(9-4-2-3-5-9)11(8-12)6-7-11/h9-10H,2-7H2,1H3. The number of rotatable bonds is 3. The normalized spacial score (nSPS) is 28.3. The van der Waals surface area contributed by atoms with Gasteiger partial charge in [0.2, 0.25) is 0 Å². The van der Waals surface area contributed by atoms with Gasteiger partial charge >= 0.3 is 0 Å². The van der Waals surface area contributed by atoms with Gasteiger partial charge in [-0.1, -0.05) is 12.8 Å². The van der Waals surface area contributed by atoms with E-state index < -0.39 is 0 Å². The minimum Gasteiger partial charge on any atom is -0.380 e. The molecule has 0 saturated heterocycles. The summed E-state index contributed by atoms with van der Waals surface area (Å²) in [6.45, 7) is 0. The van der Waals surface area contributed by atoms with E-state index in [9.17, 15) is 0 Å². The van der Waals surface area contributed by atoms with Gasteiger partial charge in [0.05, 0.1) is 17.6 Å². The maximum absolute atomic E-state index is 9.09. The highest BCUT2D eigenvalue weighted by atomic mass is 16.5. The molecule has 2 fully saturated rings. The predicted octanol–water partition coefficient (Wildman–Crippen LogP) is 2.50. The highest BCUT2D eigenvalue weighted by molar-refractivity contribution is 5.15. The molecule has 0 bridgehead atoms. The van der Waals surface area contributed by atoms with Gasteiger partial charge in [-0.15, -0.1) is 0 Å². The summed E-state index contributed by atoms with van der Waals surface area (Å²) >= 11 is 0. The maximum Gasteiger partial charge on any atom is 0.0838 e. The van der Waals surface area contributed by atoms with Crippen molar-refractivity contribution in [3.05, 3.63) is 0 Å². The van der Waals surface area contributed by atoms with Crippen molar-refractivity contribution in [2.24, 2.45) is 11.3 Å². The Labute approximate surface area is 79.9 Å². The molecule has 2 nitrogen and oxygen atoms in total. The average Bonchev–Trinajstić information content (AvgIpc) is 2.75. The van der Waals surface area contributed by atoms with Crippen LogP contribution in [0.15, 0.2) is 0 Å². The Bertz CT molecular complexity index is 221. The quantitative estimate of drug-likeness (QED) is 0.666. The zero-order valence-electron chi connectivity index (χ0n) is 8.25. The van der Waals surface area contributed by atoms with E-state index in [0.717, 1.165) is 12.8 Å². The van der Waals surface area contributed by atoms with Crippen LogP contribution in [0.25, 0.3) is 0 Å². The Kier molecular flexibility index (Phi) is 2.29. The van der Waals surface area contributed by atoms with E-state index in [4.69, 9.17) is 10.00 Å². The second-order valence-corrected chi connectivity index (χ2v) is 4.47. The summed E-state index contributed by atoms with van der Waals surface area (Å²) in [4.78, 5) is 0. The molecule has 1 atom stereocenters. The first kappa shape index (κ1) is 9.02. The van der Waals surface area contributed by atoms with Gasteiger partial charge in [-0.3, -0.25) is 0 Å². The smallest absolute Gasteiger partial charge is 0.0838 e. The van der Waals surface area contributed by atoms with Crippen LogP contribution in [-0.2, 0) is 4.74 Å². The molecule has 72 valence electrons. The zero-order valence-corrected chi connectivity index (χ0v) is 8.25. The Balaban J connectivity index is 2.05. The molecular weight excluding hydrogens is 162 g/mol. The third-order valence-electron chi connectivity index (χ3n) is 3.64. The lowest BCUT2D eigenvalue weighted by Gasteiger charge is -2.25. The minimum absolute atomic E-state index is 0.0935. The van der Waals surface area contributed by atoms with Gasteiger partial charge in [-0.2, -0.15) is 5.26 Å². The fourth-order valence-electron chi connectivity index (χ4n) is 2.72. The molecule has 2 saturated carbocycles. The molecule has 0 aromatic carbocycles.